The Morgan fingerprint density at radius 3 is 2.69 bits per heavy atom. The van der Waals surface area contributed by atoms with Crippen LogP contribution in [0.3, 0.4) is 0 Å². The monoisotopic (exact) mass is 356 g/mol. The number of nitrogens with one attached hydrogen (secondary N) is 2. The summed E-state index contributed by atoms with van der Waals surface area (Å²) in [4.78, 5) is 8.58. The molecule has 0 aliphatic heterocycles. The van der Waals surface area contributed by atoms with E-state index in [1.54, 1.807) is 20.4 Å². The third-order valence-electron chi connectivity index (χ3n) is 3.84. The van der Waals surface area contributed by atoms with Gasteiger partial charge in [-0.15, -0.1) is 0 Å². The summed E-state index contributed by atoms with van der Waals surface area (Å²) in [5, 5.41) is 6.63. The summed E-state index contributed by atoms with van der Waals surface area (Å²) in [5.74, 6) is 2.32. The van der Waals surface area contributed by atoms with E-state index < -0.39 is 0 Å². The summed E-state index contributed by atoms with van der Waals surface area (Å²) < 4.78 is 11.1. The molecule has 140 valence electrons. The van der Waals surface area contributed by atoms with Gasteiger partial charge in [0.2, 0.25) is 5.88 Å². The van der Waals surface area contributed by atoms with Crippen molar-refractivity contribution >= 4 is 5.96 Å². The summed E-state index contributed by atoms with van der Waals surface area (Å²) in [7, 11) is 3.45. The predicted octanol–water partition coefficient (Wildman–Crippen LogP) is 2.79. The average Bonchev–Trinajstić information content (AvgIpc) is 2.69. The van der Waals surface area contributed by atoms with Crippen molar-refractivity contribution in [3.8, 4) is 11.6 Å². The minimum atomic E-state index is 0.598. The Bertz CT molecular complexity index is 704. The molecule has 1 aromatic carbocycles. The average molecular weight is 356 g/mol. The highest BCUT2D eigenvalue weighted by molar-refractivity contribution is 5.79. The summed E-state index contributed by atoms with van der Waals surface area (Å²) in [6.07, 6.45) is 3.55. The molecule has 2 rings (SSSR count). The molecule has 1 heterocycles. The highest BCUT2D eigenvalue weighted by Crippen LogP contribution is 2.17. The number of nitrogens with zero attached hydrogens (tertiary/aromatic N) is 2. The Hall–Kier alpha value is -2.76. The van der Waals surface area contributed by atoms with Crippen LogP contribution in [-0.4, -0.2) is 38.3 Å². The van der Waals surface area contributed by atoms with Crippen molar-refractivity contribution in [2.75, 3.05) is 27.3 Å². The number of benzene rings is 1. The fourth-order valence-electron chi connectivity index (χ4n) is 2.51. The molecular formula is C20H28N4O2. The van der Waals surface area contributed by atoms with Gasteiger partial charge in [-0.05, 0) is 30.5 Å². The molecule has 6 heteroatoms. The maximum atomic E-state index is 5.69. The van der Waals surface area contributed by atoms with E-state index in [1.807, 2.05) is 30.3 Å². The van der Waals surface area contributed by atoms with Crippen LogP contribution in [-0.2, 0) is 13.0 Å². The second-order valence-corrected chi connectivity index (χ2v) is 5.73. The number of guanidine groups is 1. The number of methoxy groups -OCH3 is 1. The molecule has 6 nitrogen and oxygen atoms in total. The van der Waals surface area contributed by atoms with Gasteiger partial charge < -0.3 is 20.1 Å². The van der Waals surface area contributed by atoms with Gasteiger partial charge in [-0.25, -0.2) is 4.98 Å². The van der Waals surface area contributed by atoms with Gasteiger partial charge in [0.1, 0.15) is 5.75 Å². The van der Waals surface area contributed by atoms with E-state index in [9.17, 15) is 0 Å². The first-order valence-corrected chi connectivity index (χ1v) is 8.91. The van der Waals surface area contributed by atoms with Gasteiger partial charge in [-0.1, -0.05) is 31.2 Å². The Kier molecular flexibility index (Phi) is 8.26. The van der Waals surface area contributed by atoms with Crippen LogP contribution in [0.2, 0.25) is 0 Å². The van der Waals surface area contributed by atoms with Crippen LogP contribution in [0.15, 0.2) is 47.6 Å². The highest BCUT2D eigenvalue weighted by Gasteiger charge is 2.06. The van der Waals surface area contributed by atoms with Crippen LogP contribution < -0.4 is 20.1 Å². The zero-order chi connectivity index (χ0) is 18.6. The van der Waals surface area contributed by atoms with Crippen LogP contribution in [0.25, 0.3) is 0 Å². The molecule has 0 saturated heterocycles. The number of rotatable bonds is 9. The Labute approximate surface area is 155 Å². The van der Waals surface area contributed by atoms with Crippen molar-refractivity contribution < 1.29 is 9.47 Å². The maximum absolute atomic E-state index is 5.69. The number of hydrogen-bond acceptors (Lipinski definition) is 4. The molecule has 1 aromatic heterocycles. The van der Waals surface area contributed by atoms with Crippen molar-refractivity contribution in [3.05, 3.63) is 53.7 Å². The Morgan fingerprint density at radius 1 is 1.12 bits per heavy atom. The topological polar surface area (TPSA) is 67.8 Å². The van der Waals surface area contributed by atoms with Crippen LogP contribution in [0, 0.1) is 0 Å². The normalized spacial score (nSPS) is 11.1. The molecule has 0 aliphatic rings. The molecule has 0 atom stereocenters. The van der Waals surface area contributed by atoms with Crippen molar-refractivity contribution in [1.82, 2.24) is 15.6 Å². The first-order chi connectivity index (χ1) is 12.8. The smallest absolute Gasteiger partial charge is 0.218 e. The molecule has 2 aromatic rings. The number of ether oxygens (including phenoxy) is 2. The standard InChI is InChI=1S/C20H28N4O2/c1-4-14-26-19-17(9-7-12-22-19)15-24-20(21-2)23-13-11-16-8-5-6-10-18(16)25-3/h5-10,12H,4,11,13-15H2,1-3H3,(H2,21,23,24). The predicted molar refractivity (Wildman–Crippen MR) is 105 cm³/mol. The first kappa shape index (κ1) is 19.6. The van der Waals surface area contributed by atoms with Gasteiger partial charge in [-0.3, -0.25) is 4.99 Å². The second kappa shape index (κ2) is 11.0. The van der Waals surface area contributed by atoms with Gasteiger partial charge in [0, 0.05) is 31.9 Å². The summed E-state index contributed by atoms with van der Waals surface area (Å²) in [5.41, 5.74) is 2.18. The molecule has 0 saturated carbocycles. The van der Waals surface area contributed by atoms with Crippen LogP contribution >= 0.6 is 0 Å². The Morgan fingerprint density at radius 2 is 1.92 bits per heavy atom. The lowest BCUT2D eigenvalue weighted by Crippen LogP contribution is -2.38. The lowest BCUT2D eigenvalue weighted by atomic mass is 10.1. The van der Waals surface area contributed by atoms with Gasteiger partial charge in [0.15, 0.2) is 5.96 Å². The van der Waals surface area contributed by atoms with Crippen molar-refractivity contribution in [1.29, 1.82) is 0 Å². The van der Waals surface area contributed by atoms with Crippen LogP contribution in [0.4, 0.5) is 0 Å². The molecule has 0 bridgehead atoms. The molecule has 0 fully saturated rings. The van der Waals surface area contributed by atoms with Crippen molar-refractivity contribution in [2.45, 2.75) is 26.3 Å². The number of hydrogen-bond donors (Lipinski definition) is 2. The third kappa shape index (κ3) is 5.95. The lowest BCUT2D eigenvalue weighted by molar-refractivity contribution is 0.301. The van der Waals surface area contributed by atoms with Crippen LogP contribution in [0.5, 0.6) is 11.6 Å². The van der Waals surface area contributed by atoms with E-state index in [1.165, 1.54) is 5.56 Å². The van der Waals surface area contributed by atoms with E-state index >= 15 is 0 Å². The quantitative estimate of drug-likeness (QED) is 0.534. The molecule has 0 unspecified atom stereocenters. The molecule has 26 heavy (non-hydrogen) atoms. The van der Waals surface area contributed by atoms with Gasteiger partial charge in [0.05, 0.1) is 13.7 Å². The fraction of sp³-hybridized carbons (Fsp3) is 0.400. The summed E-state index contributed by atoms with van der Waals surface area (Å²) >= 11 is 0. The molecule has 0 amide bonds. The third-order valence-corrected chi connectivity index (χ3v) is 3.84. The van der Waals surface area contributed by atoms with E-state index in [4.69, 9.17) is 9.47 Å². The number of pyridine rings is 1. The molecular weight excluding hydrogens is 328 g/mol. The van der Waals surface area contributed by atoms with E-state index in [-0.39, 0.29) is 0 Å². The van der Waals surface area contributed by atoms with Crippen LogP contribution in [0.1, 0.15) is 24.5 Å². The molecule has 0 radical (unpaired) electrons. The number of aromatic nitrogens is 1. The molecule has 0 aliphatic carbocycles. The minimum Gasteiger partial charge on any atom is -0.496 e. The molecule has 2 N–H and O–H groups in total. The number of aliphatic imine (C=N–C) groups is 1. The largest absolute Gasteiger partial charge is 0.496 e. The zero-order valence-electron chi connectivity index (χ0n) is 15.8. The SMILES string of the molecule is CCCOc1ncccc1CNC(=NC)NCCc1ccccc1OC. The fourth-order valence-corrected chi connectivity index (χ4v) is 2.51. The lowest BCUT2D eigenvalue weighted by Gasteiger charge is -2.14. The highest BCUT2D eigenvalue weighted by atomic mass is 16.5. The number of para-hydroxylation sites is 1. The summed E-state index contributed by atoms with van der Waals surface area (Å²) in [6.45, 7) is 4.09. The van der Waals surface area contributed by atoms with Gasteiger partial charge >= 0.3 is 0 Å². The van der Waals surface area contributed by atoms with Gasteiger partial charge in [0.25, 0.3) is 0 Å². The Balaban J connectivity index is 1.85. The maximum Gasteiger partial charge on any atom is 0.218 e. The van der Waals surface area contributed by atoms with E-state index in [2.05, 4.69) is 33.6 Å². The minimum absolute atomic E-state index is 0.598. The molecule has 0 spiro atoms. The van der Waals surface area contributed by atoms with Gasteiger partial charge in [-0.2, -0.15) is 0 Å². The zero-order valence-corrected chi connectivity index (χ0v) is 15.8. The first-order valence-electron chi connectivity index (χ1n) is 8.91. The van der Waals surface area contributed by atoms with Crippen molar-refractivity contribution in [3.63, 3.8) is 0 Å². The second-order valence-electron chi connectivity index (χ2n) is 5.73. The van der Waals surface area contributed by atoms with E-state index in [0.29, 0.717) is 19.0 Å². The van der Waals surface area contributed by atoms with Crippen molar-refractivity contribution in [2.24, 2.45) is 4.99 Å². The van der Waals surface area contributed by atoms with E-state index in [0.717, 1.165) is 36.7 Å². The summed E-state index contributed by atoms with van der Waals surface area (Å²) in [6, 6.07) is 12.0.